The molecule has 0 aliphatic carbocycles. The third-order valence-electron chi connectivity index (χ3n) is 2.12. The number of aromatic carboxylic acids is 1. The second-order valence-electron chi connectivity index (χ2n) is 3.52. The molecule has 0 radical (unpaired) electrons. The van der Waals surface area contributed by atoms with Crippen molar-refractivity contribution in [3.63, 3.8) is 0 Å². The Balaban J connectivity index is 2.89. The van der Waals surface area contributed by atoms with Crippen molar-refractivity contribution in [1.29, 1.82) is 0 Å². The van der Waals surface area contributed by atoms with E-state index >= 15 is 0 Å². The number of nitrogens with two attached hydrogens (primary N) is 1. The Labute approximate surface area is 105 Å². The molecule has 100 valence electrons. The molecule has 0 atom stereocenters. The van der Waals surface area contributed by atoms with Crippen LogP contribution in [0, 0.1) is 0 Å². The lowest BCUT2D eigenvalue weighted by Gasteiger charge is -2.10. The van der Waals surface area contributed by atoms with Gasteiger partial charge in [0.1, 0.15) is 0 Å². The smallest absolute Gasteiger partial charge is 0.335 e. The number of rotatable bonds is 6. The van der Waals surface area contributed by atoms with Crippen LogP contribution in [0.1, 0.15) is 10.4 Å². The Bertz CT molecular complexity index is 541. The summed E-state index contributed by atoms with van der Waals surface area (Å²) in [4.78, 5) is 10.7. The van der Waals surface area contributed by atoms with E-state index in [4.69, 9.17) is 10.8 Å². The van der Waals surface area contributed by atoms with Crippen LogP contribution in [0.4, 0.5) is 11.4 Å². The maximum Gasteiger partial charge on any atom is 0.335 e. The van der Waals surface area contributed by atoms with Crippen molar-refractivity contribution in [3.05, 3.63) is 23.8 Å². The number of carboxylic acids is 1. The van der Waals surface area contributed by atoms with Gasteiger partial charge in [0.25, 0.3) is 0 Å². The van der Waals surface area contributed by atoms with Gasteiger partial charge in [-0.3, -0.25) is 4.72 Å². The van der Waals surface area contributed by atoms with Gasteiger partial charge < -0.3 is 15.6 Å². The summed E-state index contributed by atoms with van der Waals surface area (Å²) < 4.78 is 30.1. The zero-order valence-electron chi connectivity index (χ0n) is 9.71. The Hall–Kier alpha value is -1.80. The number of nitrogen functional groups attached to an aromatic ring is 1. The molecule has 1 aromatic carbocycles. The molecule has 0 amide bonds. The first-order chi connectivity index (χ1) is 8.35. The summed E-state index contributed by atoms with van der Waals surface area (Å²) in [6.07, 6.45) is 0. The second-order valence-corrected chi connectivity index (χ2v) is 5.36. The first-order valence-corrected chi connectivity index (χ1v) is 6.63. The number of carboxylic acid groups (broad SMARTS) is 1. The molecule has 8 heteroatoms. The van der Waals surface area contributed by atoms with E-state index in [0.29, 0.717) is 0 Å². The van der Waals surface area contributed by atoms with Gasteiger partial charge in [-0.15, -0.1) is 0 Å². The fraction of sp³-hybridized carbons (Fsp3) is 0.300. The van der Waals surface area contributed by atoms with Crippen LogP contribution >= 0.6 is 0 Å². The molecule has 0 saturated heterocycles. The van der Waals surface area contributed by atoms with E-state index in [1.54, 1.807) is 0 Å². The third-order valence-corrected chi connectivity index (χ3v) is 3.36. The number of benzene rings is 1. The van der Waals surface area contributed by atoms with Gasteiger partial charge in [-0.1, -0.05) is 0 Å². The van der Waals surface area contributed by atoms with Crippen LogP contribution in [0.15, 0.2) is 18.2 Å². The van der Waals surface area contributed by atoms with Crippen LogP contribution in [0.2, 0.25) is 0 Å². The monoisotopic (exact) mass is 274 g/mol. The molecule has 0 saturated carbocycles. The molecule has 0 bridgehead atoms. The fourth-order valence-electron chi connectivity index (χ4n) is 1.20. The lowest BCUT2D eigenvalue weighted by molar-refractivity contribution is 0.0697. The number of methoxy groups -OCH3 is 1. The third kappa shape index (κ3) is 3.90. The minimum atomic E-state index is -3.55. The number of anilines is 2. The Kier molecular flexibility index (Phi) is 4.51. The molecule has 0 aromatic heterocycles. The predicted octanol–water partition coefficient (Wildman–Crippen LogP) is 0.355. The molecular formula is C10H14N2O5S. The molecule has 0 spiro atoms. The van der Waals surface area contributed by atoms with Crippen LogP contribution in [-0.4, -0.2) is 39.0 Å². The highest BCUT2D eigenvalue weighted by Gasteiger charge is 2.13. The summed E-state index contributed by atoms with van der Waals surface area (Å²) in [5, 5.41) is 8.74. The minimum absolute atomic E-state index is 0.00709. The zero-order valence-corrected chi connectivity index (χ0v) is 10.5. The standard InChI is InChI=1S/C10H14N2O5S/c1-17-4-5-18(15,16)12-9-3-2-7(10(13)14)6-8(9)11/h2-3,6,12H,4-5,11H2,1H3,(H,13,14). The predicted molar refractivity (Wildman–Crippen MR) is 67.1 cm³/mol. The van der Waals surface area contributed by atoms with Crippen molar-refractivity contribution in [2.75, 3.05) is 29.9 Å². The van der Waals surface area contributed by atoms with Crippen molar-refractivity contribution in [3.8, 4) is 0 Å². The largest absolute Gasteiger partial charge is 0.478 e. The molecule has 0 fully saturated rings. The first kappa shape index (κ1) is 14.3. The summed E-state index contributed by atoms with van der Waals surface area (Å²) in [5.74, 6) is -1.33. The summed E-state index contributed by atoms with van der Waals surface area (Å²) >= 11 is 0. The van der Waals surface area contributed by atoms with Gasteiger partial charge in [0.2, 0.25) is 10.0 Å². The highest BCUT2D eigenvalue weighted by Crippen LogP contribution is 2.21. The van der Waals surface area contributed by atoms with E-state index in [9.17, 15) is 13.2 Å². The first-order valence-electron chi connectivity index (χ1n) is 4.98. The van der Waals surface area contributed by atoms with Crippen molar-refractivity contribution < 1.29 is 23.1 Å². The van der Waals surface area contributed by atoms with Crippen molar-refractivity contribution in [2.24, 2.45) is 0 Å². The molecule has 0 aliphatic heterocycles. The summed E-state index contributed by atoms with van der Waals surface area (Å²) in [6.45, 7) is 0.0580. The average molecular weight is 274 g/mol. The van der Waals surface area contributed by atoms with Crippen molar-refractivity contribution >= 4 is 27.4 Å². The van der Waals surface area contributed by atoms with Crippen LogP contribution in [0.3, 0.4) is 0 Å². The van der Waals surface area contributed by atoms with Gasteiger partial charge in [0.05, 0.1) is 29.3 Å². The topological polar surface area (TPSA) is 119 Å². The van der Waals surface area contributed by atoms with Crippen LogP contribution < -0.4 is 10.5 Å². The van der Waals surface area contributed by atoms with Gasteiger partial charge in [0.15, 0.2) is 0 Å². The Morgan fingerprint density at radius 2 is 2.17 bits per heavy atom. The molecule has 0 unspecified atom stereocenters. The number of nitrogens with one attached hydrogen (secondary N) is 1. The number of carbonyl (C=O) groups is 1. The highest BCUT2D eigenvalue weighted by atomic mass is 32.2. The van der Waals surface area contributed by atoms with E-state index in [2.05, 4.69) is 9.46 Å². The van der Waals surface area contributed by atoms with E-state index in [0.717, 1.165) is 0 Å². The number of hydrogen-bond acceptors (Lipinski definition) is 5. The maximum atomic E-state index is 11.6. The number of hydrogen-bond donors (Lipinski definition) is 3. The highest BCUT2D eigenvalue weighted by molar-refractivity contribution is 7.92. The van der Waals surface area contributed by atoms with Crippen molar-refractivity contribution in [1.82, 2.24) is 0 Å². The quantitative estimate of drug-likeness (QED) is 0.644. The normalized spacial score (nSPS) is 11.2. The molecule has 1 aromatic rings. The summed E-state index contributed by atoms with van der Waals surface area (Å²) in [5.41, 5.74) is 5.77. The van der Waals surface area contributed by atoms with Crippen LogP contribution in [-0.2, 0) is 14.8 Å². The fourth-order valence-corrected chi connectivity index (χ4v) is 2.21. The molecule has 18 heavy (non-hydrogen) atoms. The molecule has 0 aliphatic rings. The molecule has 0 heterocycles. The lowest BCUT2D eigenvalue weighted by atomic mass is 10.2. The van der Waals surface area contributed by atoms with Gasteiger partial charge in [-0.05, 0) is 18.2 Å². The van der Waals surface area contributed by atoms with Gasteiger partial charge in [-0.2, -0.15) is 0 Å². The van der Waals surface area contributed by atoms with Crippen LogP contribution in [0.25, 0.3) is 0 Å². The number of ether oxygens (including phenoxy) is 1. The zero-order chi connectivity index (χ0) is 13.8. The summed E-state index contributed by atoms with van der Waals surface area (Å²) in [7, 11) is -2.16. The Morgan fingerprint density at radius 3 is 2.67 bits per heavy atom. The second kappa shape index (κ2) is 5.69. The lowest BCUT2D eigenvalue weighted by Crippen LogP contribution is -2.20. The van der Waals surface area contributed by atoms with Gasteiger partial charge in [-0.25, -0.2) is 13.2 Å². The Morgan fingerprint density at radius 1 is 1.50 bits per heavy atom. The van der Waals surface area contributed by atoms with Gasteiger partial charge in [0, 0.05) is 7.11 Å². The van der Waals surface area contributed by atoms with E-state index < -0.39 is 16.0 Å². The summed E-state index contributed by atoms with van der Waals surface area (Å²) in [6, 6.07) is 3.77. The van der Waals surface area contributed by atoms with Crippen LogP contribution in [0.5, 0.6) is 0 Å². The van der Waals surface area contributed by atoms with E-state index in [1.807, 2.05) is 0 Å². The molecule has 4 N–H and O–H groups in total. The average Bonchev–Trinajstić information content (AvgIpc) is 2.29. The number of sulfonamides is 1. The molecular weight excluding hydrogens is 260 g/mol. The maximum absolute atomic E-state index is 11.6. The SMILES string of the molecule is COCCS(=O)(=O)Nc1ccc(C(=O)O)cc1N. The van der Waals surface area contributed by atoms with Gasteiger partial charge >= 0.3 is 5.97 Å². The van der Waals surface area contributed by atoms with Crippen molar-refractivity contribution in [2.45, 2.75) is 0 Å². The molecule has 1 rings (SSSR count). The van der Waals surface area contributed by atoms with E-state index in [-0.39, 0.29) is 29.3 Å². The van der Waals surface area contributed by atoms with E-state index in [1.165, 1.54) is 25.3 Å². The minimum Gasteiger partial charge on any atom is -0.478 e. The molecule has 7 nitrogen and oxygen atoms in total.